The van der Waals surface area contributed by atoms with Crippen LogP contribution in [-0.4, -0.2) is 48.9 Å². The summed E-state index contributed by atoms with van der Waals surface area (Å²) in [6, 6.07) is 18.0. The van der Waals surface area contributed by atoms with Crippen molar-refractivity contribution >= 4 is 5.97 Å². The summed E-state index contributed by atoms with van der Waals surface area (Å²) in [5, 5.41) is 23.2. The van der Waals surface area contributed by atoms with E-state index in [-0.39, 0.29) is 5.92 Å². The molecular weight excluding hydrogens is 480 g/mol. The fourth-order valence-electron chi connectivity index (χ4n) is 4.67. The van der Waals surface area contributed by atoms with Crippen LogP contribution in [0.4, 0.5) is 0 Å². The summed E-state index contributed by atoms with van der Waals surface area (Å²) in [7, 11) is 0. The molecule has 2 aromatic carbocycles. The number of nitrogens with zero attached hydrogens (tertiary/aromatic N) is 4. The molecule has 1 saturated heterocycles. The van der Waals surface area contributed by atoms with E-state index >= 15 is 0 Å². The summed E-state index contributed by atoms with van der Waals surface area (Å²) in [6.45, 7) is 4.62. The molecule has 38 heavy (non-hydrogen) atoms. The highest BCUT2D eigenvalue weighted by Crippen LogP contribution is 2.22. The van der Waals surface area contributed by atoms with Crippen molar-refractivity contribution < 1.29 is 19.5 Å². The molecular formula is C30H30N4O4. The Hall–Kier alpha value is -4.19. The summed E-state index contributed by atoms with van der Waals surface area (Å²) in [5.41, 5.74) is 4.71. The van der Waals surface area contributed by atoms with E-state index in [9.17, 15) is 9.90 Å². The van der Waals surface area contributed by atoms with Gasteiger partial charge in [0.05, 0.1) is 12.5 Å². The molecule has 0 saturated carbocycles. The van der Waals surface area contributed by atoms with Gasteiger partial charge < -0.3 is 19.3 Å². The van der Waals surface area contributed by atoms with E-state index in [1.54, 1.807) is 13.1 Å². The molecule has 0 aliphatic carbocycles. The van der Waals surface area contributed by atoms with Crippen LogP contribution < -0.4 is 0 Å². The number of imidazole rings is 1. The van der Waals surface area contributed by atoms with Crippen LogP contribution in [0.2, 0.25) is 0 Å². The number of aliphatic carboxylic acids is 1. The third-order valence-electron chi connectivity index (χ3n) is 6.83. The molecule has 1 aliphatic heterocycles. The van der Waals surface area contributed by atoms with Crippen LogP contribution >= 0.6 is 0 Å². The van der Waals surface area contributed by atoms with Crippen LogP contribution in [0.5, 0.6) is 0 Å². The summed E-state index contributed by atoms with van der Waals surface area (Å²) < 4.78 is 7.39. The van der Waals surface area contributed by atoms with Crippen LogP contribution in [-0.2, 0) is 17.9 Å². The smallest absolute Gasteiger partial charge is 0.306 e. The quantitative estimate of drug-likeness (QED) is 0.357. The fraction of sp³-hybridized carbons (Fsp3) is 0.300. The number of aliphatic hydroxyl groups is 1. The minimum absolute atomic E-state index is 0.205. The molecule has 0 amide bonds. The molecule has 8 heteroatoms. The van der Waals surface area contributed by atoms with Gasteiger partial charge in [0.15, 0.2) is 5.76 Å². The lowest BCUT2D eigenvalue weighted by atomic mass is 9.97. The van der Waals surface area contributed by atoms with Gasteiger partial charge in [-0.3, -0.25) is 9.69 Å². The third-order valence-corrected chi connectivity index (χ3v) is 6.83. The van der Waals surface area contributed by atoms with Gasteiger partial charge in [-0.2, -0.15) is 0 Å². The van der Waals surface area contributed by atoms with E-state index in [1.807, 2.05) is 53.2 Å². The predicted molar refractivity (Wildman–Crippen MR) is 142 cm³/mol. The maximum Gasteiger partial charge on any atom is 0.306 e. The zero-order chi connectivity index (χ0) is 26.5. The lowest BCUT2D eigenvalue weighted by molar-refractivity contribution is -0.143. The molecule has 8 nitrogen and oxygen atoms in total. The Labute approximate surface area is 221 Å². The summed E-state index contributed by atoms with van der Waals surface area (Å²) >= 11 is 0. The number of carboxylic acid groups (broad SMARTS) is 1. The highest BCUT2D eigenvalue weighted by atomic mass is 16.5. The van der Waals surface area contributed by atoms with Crippen molar-refractivity contribution in [2.75, 3.05) is 13.1 Å². The molecule has 1 aliphatic rings. The minimum Gasteiger partial charge on any atom is -0.481 e. The number of aromatic nitrogens is 3. The highest BCUT2D eigenvalue weighted by Gasteiger charge is 2.24. The van der Waals surface area contributed by atoms with Crippen LogP contribution in [0.25, 0.3) is 11.3 Å². The van der Waals surface area contributed by atoms with Gasteiger partial charge >= 0.3 is 5.97 Å². The number of likely N-dealkylation sites (tertiary alicyclic amines) is 1. The van der Waals surface area contributed by atoms with E-state index in [0.29, 0.717) is 31.0 Å². The highest BCUT2D eigenvalue weighted by molar-refractivity contribution is 5.70. The molecule has 0 spiro atoms. The van der Waals surface area contributed by atoms with Crippen LogP contribution in [0.1, 0.15) is 54.1 Å². The number of piperidine rings is 1. The van der Waals surface area contributed by atoms with E-state index in [2.05, 4.69) is 39.0 Å². The lowest BCUT2D eigenvalue weighted by Gasteiger charge is -2.29. The first-order valence-electron chi connectivity index (χ1n) is 12.8. The van der Waals surface area contributed by atoms with E-state index < -0.39 is 12.1 Å². The van der Waals surface area contributed by atoms with Crippen molar-refractivity contribution in [2.24, 2.45) is 5.92 Å². The van der Waals surface area contributed by atoms with Crippen molar-refractivity contribution in [3.05, 3.63) is 95.2 Å². The van der Waals surface area contributed by atoms with Gasteiger partial charge in [0, 0.05) is 41.7 Å². The number of benzene rings is 2. The Morgan fingerprint density at radius 3 is 2.34 bits per heavy atom. The number of hydrogen-bond donors (Lipinski definition) is 2. The second-order valence-electron chi connectivity index (χ2n) is 9.68. The van der Waals surface area contributed by atoms with Crippen molar-refractivity contribution in [3.8, 4) is 23.2 Å². The SMILES string of the molecule is CC(O)c1nccn1Cc1cc(-c2ccc(C#Cc3ccc(CN4CCC(C(=O)O)CC4)cc3)cc2)on1. The topological polar surface area (TPSA) is 105 Å². The zero-order valence-corrected chi connectivity index (χ0v) is 21.2. The molecule has 0 bridgehead atoms. The molecule has 194 valence electrons. The van der Waals surface area contributed by atoms with Crippen LogP contribution in [0.3, 0.4) is 0 Å². The molecule has 5 rings (SSSR count). The first-order valence-corrected chi connectivity index (χ1v) is 12.8. The monoisotopic (exact) mass is 510 g/mol. The van der Waals surface area contributed by atoms with Gasteiger partial charge in [-0.15, -0.1) is 0 Å². The van der Waals surface area contributed by atoms with Gasteiger partial charge in [0.25, 0.3) is 0 Å². The van der Waals surface area contributed by atoms with Crippen LogP contribution in [0, 0.1) is 17.8 Å². The first-order chi connectivity index (χ1) is 18.4. The second-order valence-corrected chi connectivity index (χ2v) is 9.68. The van der Waals surface area contributed by atoms with Crippen molar-refractivity contribution in [2.45, 2.75) is 39.0 Å². The van der Waals surface area contributed by atoms with Gasteiger partial charge in [0.2, 0.25) is 0 Å². The molecule has 3 heterocycles. The van der Waals surface area contributed by atoms with Gasteiger partial charge in [-0.25, -0.2) is 4.98 Å². The zero-order valence-electron chi connectivity index (χ0n) is 21.2. The minimum atomic E-state index is -0.677. The lowest BCUT2D eigenvalue weighted by Crippen LogP contribution is -2.35. The van der Waals surface area contributed by atoms with Crippen molar-refractivity contribution in [3.63, 3.8) is 0 Å². The molecule has 0 radical (unpaired) electrons. The normalized spacial score (nSPS) is 15.1. The van der Waals surface area contributed by atoms with Gasteiger partial charge in [0.1, 0.15) is 17.6 Å². The van der Waals surface area contributed by atoms with E-state index in [4.69, 9.17) is 9.63 Å². The maximum atomic E-state index is 11.1. The molecule has 2 aromatic heterocycles. The Morgan fingerprint density at radius 2 is 1.71 bits per heavy atom. The summed E-state index contributed by atoms with van der Waals surface area (Å²) in [6.07, 6.45) is 4.24. The van der Waals surface area contributed by atoms with Gasteiger partial charge in [-0.1, -0.05) is 29.1 Å². The van der Waals surface area contributed by atoms with Crippen molar-refractivity contribution in [1.29, 1.82) is 0 Å². The number of carbonyl (C=O) groups is 1. The number of carboxylic acids is 1. The van der Waals surface area contributed by atoms with E-state index in [0.717, 1.165) is 42.0 Å². The number of aliphatic hydroxyl groups excluding tert-OH is 1. The molecule has 1 fully saturated rings. The predicted octanol–water partition coefficient (Wildman–Crippen LogP) is 4.34. The third kappa shape index (κ3) is 6.20. The first kappa shape index (κ1) is 25.5. The number of rotatable bonds is 7. The Kier molecular flexibility index (Phi) is 7.68. The average Bonchev–Trinajstić information content (AvgIpc) is 3.59. The molecule has 2 N–H and O–H groups in total. The number of hydrogen-bond acceptors (Lipinski definition) is 6. The van der Waals surface area contributed by atoms with Crippen LogP contribution in [0.15, 0.2) is 71.5 Å². The Morgan fingerprint density at radius 1 is 1.05 bits per heavy atom. The summed E-state index contributed by atoms with van der Waals surface area (Å²) in [5.74, 6) is 6.80. The summed E-state index contributed by atoms with van der Waals surface area (Å²) in [4.78, 5) is 17.6. The Balaban J connectivity index is 1.17. The Bertz CT molecular complexity index is 1430. The second kappa shape index (κ2) is 11.5. The van der Waals surface area contributed by atoms with E-state index in [1.165, 1.54) is 5.56 Å². The maximum absolute atomic E-state index is 11.1. The fourth-order valence-corrected chi connectivity index (χ4v) is 4.67. The molecule has 1 unspecified atom stereocenters. The standard InChI is InChI=1S/C30H30N4O4/c1-21(35)29-31-14-17-34(29)20-27-18-28(38-32-27)25-10-8-23(9-11-25)3-2-22-4-6-24(7-5-22)19-33-15-12-26(13-16-33)30(36)37/h4-11,14,17-18,21,26,35H,12-13,15-16,19-20H2,1H3,(H,36,37). The largest absolute Gasteiger partial charge is 0.481 e. The molecule has 1 atom stereocenters. The molecule has 4 aromatic rings. The van der Waals surface area contributed by atoms with Crippen molar-refractivity contribution in [1.82, 2.24) is 19.6 Å². The average molecular weight is 511 g/mol. The van der Waals surface area contributed by atoms with Gasteiger partial charge in [-0.05, 0) is 74.8 Å².